The van der Waals surface area contributed by atoms with Gasteiger partial charge in [0.15, 0.2) is 11.6 Å². The van der Waals surface area contributed by atoms with Gasteiger partial charge < -0.3 is 24.8 Å². The van der Waals surface area contributed by atoms with Gasteiger partial charge in [0, 0.05) is 41.8 Å². The van der Waals surface area contributed by atoms with E-state index < -0.39 is 11.6 Å². The summed E-state index contributed by atoms with van der Waals surface area (Å²) in [4.78, 5) is 19.3. The van der Waals surface area contributed by atoms with Crippen LogP contribution in [0.1, 0.15) is 25.0 Å². The summed E-state index contributed by atoms with van der Waals surface area (Å²) in [7, 11) is 0. The number of carbonyl (C=O) groups is 1. The van der Waals surface area contributed by atoms with Crippen molar-refractivity contribution < 1.29 is 27.8 Å². The molecule has 12 heteroatoms. The monoisotopic (exact) mass is 650 g/mol. The van der Waals surface area contributed by atoms with Gasteiger partial charge in [-0.1, -0.05) is 33.6 Å². The zero-order chi connectivity index (χ0) is 28.8. The molecule has 0 spiro atoms. The highest BCUT2D eigenvalue weighted by Gasteiger charge is 2.24. The minimum atomic E-state index is -0.538. The van der Waals surface area contributed by atoms with Gasteiger partial charge in [0.25, 0.3) is 0 Å². The highest BCUT2D eigenvalue weighted by Crippen LogP contribution is 2.30. The van der Waals surface area contributed by atoms with Crippen molar-refractivity contribution in [3.63, 3.8) is 0 Å². The van der Waals surface area contributed by atoms with Crippen LogP contribution in [0.4, 0.5) is 20.2 Å². The van der Waals surface area contributed by atoms with Gasteiger partial charge in [-0.25, -0.2) is 13.8 Å². The van der Waals surface area contributed by atoms with Crippen LogP contribution in [0.25, 0.3) is 0 Å². The number of nitrogens with one attached hydrogen (secondary N) is 2. The molecule has 2 aliphatic heterocycles. The summed E-state index contributed by atoms with van der Waals surface area (Å²) in [6, 6.07) is 12.6. The second kappa shape index (κ2) is 13.8. The molecule has 3 aromatic rings. The molecule has 5 rings (SSSR count). The van der Waals surface area contributed by atoms with Gasteiger partial charge in [-0.3, -0.25) is 9.69 Å². The molecule has 0 aliphatic carbocycles. The standard InChI is InChI=1S/C29H30BrClF2N4O4/c30-18-12-24(33)29(25(13-18)34-15-22-8-11-39-22)36-27(38)16-37-9-6-21(7-10-37)41-28-3-1-2-20(35-28)17-40-26-5-4-19(31)14-23(26)32/h1-5,12-14,21-22,34H,6-11,15-17H2,(H,36,38)/t22-/m0/s1. The average molecular weight is 652 g/mol. The molecular weight excluding hydrogens is 622 g/mol. The van der Waals surface area contributed by atoms with Crippen LogP contribution in [0.2, 0.25) is 5.02 Å². The van der Waals surface area contributed by atoms with Gasteiger partial charge in [0.1, 0.15) is 24.2 Å². The van der Waals surface area contributed by atoms with Crippen molar-refractivity contribution in [1.29, 1.82) is 0 Å². The molecule has 0 radical (unpaired) electrons. The number of likely N-dealkylation sites (tertiary alicyclic amines) is 1. The molecule has 1 aromatic heterocycles. The number of piperidine rings is 1. The van der Waals surface area contributed by atoms with Crippen molar-refractivity contribution >= 4 is 44.8 Å². The topological polar surface area (TPSA) is 85.0 Å². The van der Waals surface area contributed by atoms with Crippen LogP contribution in [0.15, 0.2) is 53.0 Å². The van der Waals surface area contributed by atoms with Crippen LogP contribution in [-0.2, 0) is 16.1 Å². The molecular formula is C29H30BrClF2N4O4. The summed E-state index contributed by atoms with van der Waals surface area (Å²) in [6.07, 6.45) is 2.37. The summed E-state index contributed by atoms with van der Waals surface area (Å²) >= 11 is 9.10. The molecule has 2 aromatic carbocycles. The molecule has 8 nitrogen and oxygen atoms in total. The Labute approximate surface area is 250 Å². The normalized spacial score (nSPS) is 17.5. The zero-order valence-corrected chi connectivity index (χ0v) is 24.5. The highest BCUT2D eigenvalue weighted by molar-refractivity contribution is 9.10. The number of nitrogens with zero attached hydrogens (tertiary/aromatic N) is 2. The minimum absolute atomic E-state index is 0.0693. The maximum absolute atomic E-state index is 14.7. The smallest absolute Gasteiger partial charge is 0.238 e. The van der Waals surface area contributed by atoms with Gasteiger partial charge in [0.2, 0.25) is 11.8 Å². The third kappa shape index (κ3) is 8.28. The average Bonchev–Trinajstić information content (AvgIpc) is 2.90. The van der Waals surface area contributed by atoms with Crippen molar-refractivity contribution in [2.75, 3.05) is 43.4 Å². The Balaban J connectivity index is 1.08. The third-order valence-corrected chi connectivity index (χ3v) is 7.57. The second-order valence-corrected chi connectivity index (χ2v) is 11.3. The van der Waals surface area contributed by atoms with Crippen molar-refractivity contribution in [2.24, 2.45) is 0 Å². The quantitative estimate of drug-likeness (QED) is 0.262. The van der Waals surface area contributed by atoms with E-state index in [1.54, 1.807) is 24.3 Å². The largest absolute Gasteiger partial charge is 0.484 e. The number of aromatic nitrogens is 1. The summed E-state index contributed by atoms with van der Waals surface area (Å²) < 4.78 is 46.3. The molecule has 1 amide bonds. The first-order valence-electron chi connectivity index (χ1n) is 13.4. The molecule has 2 aliphatic rings. The first-order valence-corrected chi connectivity index (χ1v) is 14.6. The molecule has 2 N–H and O–H groups in total. The Bertz CT molecular complexity index is 1370. The Morgan fingerprint density at radius 1 is 1.12 bits per heavy atom. The number of benzene rings is 2. The number of rotatable bonds is 11. The van der Waals surface area contributed by atoms with E-state index in [1.807, 2.05) is 11.0 Å². The molecule has 0 unspecified atom stereocenters. The molecule has 1 atom stereocenters. The van der Waals surface area contributed by atoms with Gasteiger partial charge >= 0.3 is 0 Å². The van der Waals surface area contributed by atoms with E-state index in [0.29, 0.717) is 59.2 Å². The molecule has 218 valence electrons. The molecule has 0 bridgehead atoms. The lowest BCUT2D eigenvalue weighted by molar-refractivity contribution is -0.117. The zero-order valence-electron chi connectivity index (χ0n) is 22.2. The van der Waals surface area contributed by atoms with Crippen molar-refractivity contribution in [3.8, 4) is 11.6 Å². The van der Waals surface area contributed by atoms with Crippen molar-refractivity contribution in [1.82, 2.24) is 9.88 Å². The van der Waals surface area contributed by atoms with Crippen LogP contribution in [0.3, 0.4) is 0 Å². The molecule has 0 saturated carbocycles. The van der Waals surface area contributed by atoms with E-state index >= 15 is 0 Å². The number of halogens is 4. The first-order chi connectivity index (χ1) is 19.8. The lowest BCUT2D eigenvalue weighted by atomic mass is 10.1. The van der Waals surface area contributed by atoms with E-state index in [-0.39, 0.29) is 42.7 Å². The van der Waals surface area contributed by atoms with E-state index in [1.165, 1.54) is 18.2 Å². The fraction of sp³-hybridized carbons (Fsp3) is 0.379. The predicted octanol–water partition coefficient (Wildman–Crippen LogP) is 6.04. The Morgan fingerprint density at radius 3 is 2.66 bits per heavy atom. The SMILES string of the molecule is O=C(CN1CCC(Oc2cccc(COc3ccc(Cl)cc3F)n2)CC1)Nc1c(F)cc(Br)cc1NC[C@@H]1CCO1. The third-order valence-electron chi connectivity index (χ3n) is 6.87. The Hall–Kier alpha value is -2.99. The van der Waals surface area contributed by atoms with Crippen molar-refractivity contribution in [2.45, 2.75) is 38.1 Å². The van der Waals surface area contributed by atoms with Gasteiger partial charge in [-0.2, -0.15) is 0 Å². The van der Waals surface area contributed by atoms with Crippen LogP contribution < -0.4 is 20.1 Å². The second-order valence-electron chi connectivity index (χ2n) is 9.94. The number of ether oxygens (including phenoxy) is 3. The number of hydrogen-bond donors (Lipinski definition) is 2. The minimum Gasteiger partial charge on any atom is -0.484 e. The lowest BCUT2D eigenvalue weighted by Crippen LogP contribution is -2.42. The number of anilines is 2. The van der Waals surface area contributed by atoms with Gasteiger partial charge in [-0.05, 0) is 55.7 Å². The summed E-state index contributed by atoms with van der Waals surface area (Å²) in [5.74, 6) is -0.798. The summed E-state index contributed by atoms with van der Waals surface area (Å²) in [5, 5.41) is 6.22. The molecule has 2 saturated heterocycles. The van der Waals surface area contributed by atoms with E-state index in [2.05, 4.69) is 31.5 Å². The molecule has 2 fully saturated rings. The fourth-order valence-corrected chi connectivity index (χ4v) is 5.18. The summed E-state index contributed by atoms with van der Waals surface area (Å²) in [6.45, 7) is 2.77. The number of pyridine rings is 1. The fourth-order valence-electron chi connectivity index (χ4n) is 4.59. The number of amides is 1. The van der Waals surface area contributed by atoms with Gasteiger partial charge in [-0.15, -0.1) is 0 Å². The van der Waals surface area contributed by atoms with Gasteiger partial charge in [0.05, 0.1) is 24.0 Å². The van der Waals surface area contributed by atoms with Crippen molar-refractivity contribution in [3.05, 3.63) is 75.4 Å². The van der Waals surface area contributed by atoms with E-state index in [0.717, 1.165) is 13.0 Å². The van der Waals surface area contributed by atoms with Crippen LogP contribution in [0.5, 0.6) is 11.6 Å². The maximum atomic E-state index is 14.7. The van der Waals surface area contributed by atoms with Crippen LogP contribution in [-0.4, -0.2) is 60.8 Å². The first kappa shape index (κ1) is 29.5. The van der Waals surface area contributed by atoms with Crippen LogP contribution in [0, 0.1) is 11.6 Å². The van der Waals surface area contributed by atoms with E-state index in [9.17, 15) is 13.6 Å². The predicted molar refractivity (Wildman–Crippen MR) is 156 cm³/mol. The lowest BCUT2D eigenvalue weighted by Gasteiger charge is -2.31. The maximum Gasteiger partial charge on any atom is 0.238 e. The molecule has 41 heavy (non-hydrogen) atoms. The summed E-state index contributed by atoms with van der Waals surface area (Å²) in [5.41, 5.74) is 1.23. The Kier molecular flexibility index (Phi) is 9.92. The Morgan fingerprint density at radius 2 is 1.93 bits per heavy atom. The number of hydrogen-bond acceptors (Lipinski definition) is 7. The van der Waals surface area contributed by atoms with Crippen LogP contribution >= 0.6 is 27.5 Å². The molecule has 3 heterocycles. The number of carbonyl (C=O) groups excluding carboxylic acids is 1. The highest BCUT2D eigenvalue weighted by atomic mass is 79.9. The van der Waals surface area contributed by atoms with E-state index in [4.69, 9.17) is 25.8 Å².